The fraction of sp³-hybridized carbons (Fsp3) is 0.520. The SMILES string of the molecule is O=C(CCNC1CCC2(CCC(=O)N2)CC1)Nc1sc2c(c1-c1nc3cnccc3s1)CCNC2. The Hall–Kier alpha value is -2.40. The van der Waals surface area contributed by atoms with Crippen LogP contribution in [0.2, 0.25) is 0 Å². The maximum atomic E-state index is 12.9. The van der Waals surface area contributed by atoms with Crippen molar-refractivity contribution < 1.29 is 9.59 Å². The number of thiophene rings is 1. The van der Waals surface area contributed by atoms with E-state index in [2.05, 4.69) is 26.3 Å². The van der Waals surface area contributed by atoms with E-state index in [4.69, 9.17) is 4.98 Å². The van der Waals surface area contributed by atoms with E-state index in [1.54, 1.807) is 35.1 Å². The number of carbonyl (C=O) groups excluding carboxylic acids is 2. The highest BCUT2D eigenvalue weighted by Crippen LogP contribution is 2.44. The Morgan fingerprint density at radius 1 is 1.20 bits per heavy atom. The lowest BCUT2D eigenvalue weighted by atomic mass is 9.78. The van der Waals surface area contributed by atoms with Gasteiger partial charge in [0, 0.05) is 54.1 Å². The van der Waals surface area contributed by atoms with Gasteiger partial charge in [-0.25, -0.2) is 4.98 Å². The summed E-state index contributed by atoms with van der Waals surface area (Å²) in [6.45, 7) is 2.43. The van der Waals surface area contributed by atoms with Gasteiger partial charge in [-0.2, -0.15) is 0 Å². The van der Waals surface area contributed by atoms with Gasteiger partial charge in [0.2, 0.25) is 11.8 Å². The molecule has 3 aliphatic rings. The van der Waals surface area contributed by atoms with Crippen molar-refractivity contribution in [3.05, 3.63) is 28.9 Å². The Morgan fingerprint density at radius 3 is 2.89 bits per heavy atom. The second kappa shape index (κ2) is 9.57. The van der Waals surface area contributed by atoms with Crippen LogP contribution in [0.15, 0.2) is 18.5 Å². The van der Waals surface area contributed by atoms with Crippen LogP contribution in [0, 0.1) is 0 Å². The molecule has 3 aromatic rings. The van der Waals surface area contributed by atoms with Crippen molar-refractivity contribution >= 4 is 49.7 Å². The summed E-state index contributed by atoms with van der Waals surface area (Å²) in [5.74, 6) is 0.226. The summed E-state index contributed by atoms with van der Waals surface area (Å²) in [6, 6.07) is 2.41. The summed E-state index contributed by atoms with van der Waals surface area (Å²) < 4.78 is 1.11. The van der Waals surface area contributed by atoms with Crippen LogP contribution in [0.4, 0.5) is 5.00 Å². The first-order valence-electron chi connectivity index (χ1n) is 12.5. The van der Waals surface area contributed by atoms with Crippen molar-refractivity contribution in [2.75, 3.05) is 18.4 Å². The number of pyridine rings is 1. The smallest absolute Gasteiger partial charge is 0.226 e. The molecule has 10 heteroatoms. The number of fused-ring (bicyclic) bond motifs is 2. The average Bonchev–Trinajstić information content (AvgIpc) is 3.55. The summed E-state index contributed by atoms with van der Waals surface area (Å²) in [4.78, 5) is 34.9. The van der Waals surface area contributed by atoms with Gasteiger partial charge in [-0.1, -0.05) is 0 Å². The molecule has 2 fully saturated rings. The average molecular weight is 511 g/mol. The van der Waals surface area contributed by atoms with Crippen LogP contribution in [-0.4, -0.2) is 46.5 Å². The lowest BCUT2D eigenvalue weighted by Gasteiger charge is -2.37. The quantitative estimate of drug-likeness (QED) is 0.404. The first-order valence-corrected chi connectivity index (χ1v) is 14.1. The lowest BCUT2D eigenvalue weighted by Crippen LogP contribution is -2.48. The molecule has 0 bridgehead atoms. The number of thiazole rings is 1. The molecule has 184 valence electrons. The number of carbonyl (C=O) groups is 2. The summed E-state index contributed by atoms with van der Waals surface area (Å²) in [7, 11) is 0. The fourth-order valence-electron chi connectivity index (χ4n) is 5.64. The van der Waals surface area contributed by atoms with Gasteiger partial charge in [-0.3, -0.25) is 14.6 Å². The van der Waals surface area contributed by atoms with Gasteiger partial charge in [-0.15, -0.1) is 22.7 Å². The number of hydrogen-bond acceptors (Lipinski definition) is 8. The van der Waals surface area contributed by atoms with Crippen molar-refractivity contribution in [2.24, 2.45) is 0 Å². The number of hydrogen-bond donors (Lipinski definition) is 4. The zero-order chi connectivity index (χ0) is 23.8. The summed E-state index contributed by atoms with van der Waals surface area (Å²) in [5, 5.41) is 15.3. The molecular formula is C25H30N6O2S2. The molecule has 1 aliphatic carbocycles. The van der Waals surface area contributed by atoms with E-state index in [9.17, 15) is 9.59 Å². The van der Waals surface area contributed by atoms with Gasteiger partial charge in [0.15, 0.2) is 0 Å². The largest absolute Gasteiger partial charge is 0.351 e. The number of nitrogens with zero attached hydrogens (tertiary/aromatic N) is 2. The molecule has 2 amide bonds. The minimum absolute atomic E-state index is 0.0309. The van der Waals surface area contributed by atoms with Gasteiger partial charge in [0.25, 0.3) is 0 Å². The molecule has 0 atom stereocenters. The number of rotatable bonds is 6. The first kappa shape index (κ1) is 23.0. The highest BCUT2D eigenvalue weighted by molar-refractivity contribution is 7.22. The van der Waals surface area contributed by atoms with Crippen molar-refractivity contribution in [3.8, 4) is 10.6 Å². The van der Waals surface area contributed by atoms with Crippen molar-refractivity contribution in [2.45, 2.75) is 69.5 Å². The van der Waals surface area contributed by atoms with Crippen LogP contribution in [0.3, 0.4) is 0 Å². The highest BCUT2D eigenvalue weighted by Gasteiger charge is 2.40. The van der Waals surface area contributed by atoms with Gasteiger partial charge >= 0.3 is 0 Å². The molecule has 4 N–H and O–H groups in total. The van der Waals surface area contributed by atoms with Crippen LogP contribution in [-0.2, 0) is 22.6 Å². The van der Waals surface area contributed by atoms with Crippen molar-refractivity contribution in [1.82, 2.24) is 25.9 Å². The molecule has 3 aromatic heterocycles. The summed E-state index contributed by atoms with van der Waals surface area (Å²) >= 11 is 3.33. The van der Waals surface area contributed by atoms with Gasteiger partial charge in [-0.05, 0) is 56.7 Å². The zero-order valence-corrected chi connectivity index (χ0v) is 21.2. The number of anilines is 1. The molecule has 1 saturated carbocycles. The minimum Gasteiger partial charge on any atom is -0.351 e. The maximum Gasteiger partial charge on any atom is 0.226 e. The molecule has 2 aliphatic heterocycles. The zero-order valence-electron chi connectivity index (χ0n) is 19.6. The van der Waals surface area contributed by atoms with Gasteiger partial charge in [0.05, 0.1) is 10.9 Å². The predicted octanol–water partition coefficient (Wildman–Crippen LogP) is 3.58. The third-order valence-corrected chi connectivity index (χ3v) is 9.75. The lowest BCUT2D eigenvalue weighted by molar-refractivity contribution is -0.120. The molecule has 6 rings (SSSR count). The van der Waals surface area contributed by atoms with E-state index in [-0.39, 0.29) is 17.4 Å². The van der Waals surface area contributed by atoms with E-state index in [1.165, 1.54) is 10.4 Å². The van der Waals surface area contributed by atoms with Crippen LogP contribution in [0.5, 0.6) is 0 Å². The van der Waals surface area contributed by atoms with Crippen LogP contribution in [0.1, 0.15) is 55.4 Å². The first-order chi connectivity index (χ1) is 17.1. The van der Waals surface area contributed by atoms with E-state index < -0.39 is 0 Å². The molecule has 1 saturated heterocycles. The molecule has 0 unspecified atom stereocenters. The van der Waals surface area contributed by atoms with Crippen LogP contribution < -0.4 is 21.3 Å². The predicted molar refractivity (Wildman–Crippen MR) is 140 cm³/mol. The normalized spacial score (nSPS) is 24.0. The van der Waals surface area contributed by atoms with E-state index in [0.29, 0.717) is 25.4 Å². The Balaban J connectivity index is 1.09. The van der Waals surface area contributed by atoms with Crippen LogP contribution in [0.25, 0.3) is 20.8 Å². The topological polar surface area (TPSA) is 108 Å². The summed E-state index contributed by atoms with van der Waals surface area (Å²) in [6.07, 6.45) is 10.7. The molecule has 5 heterocycles. The standard InChI is InChI=1S/C25H30N6O2S2/c32-20(6-12-28-15-1-7-25(8-2-15)9-3-21(33)31-25)30-24-22(16-4-10-27-14-19(16)35-24)23-29-17-13-26-11-5-18(17)34-23/h5,11,13,15,27-28H,1-4,6-10,12,14H2,(H,30,32)(H,31,33). The summed E-state index contributed by atoms with van der Waals surface area (Å²) in [5.41, 5.74) is 3.33. The Labute approximate surface area is 212 Å². The molecule has 0 aromatic carbocycles. The molecule has 1 spiro atoms. The minimum atomic E-state index is 0.0309. The molecular weight excluding hydrogens is 480 g/mol. The Kier molecular flexibility index (Phi) is 6.30. The van der Waals surface area contributed by atoms with Crippen molar-refractivity contribution in [1.29, 1.82) is 0 Å². The van der Waals surface area contributed by atoms with Crippen LogP contribution >= 0.6 is 22.7 Å². The second-order valence-corrected chi connectivity index (χ2v) is 12.0. The Bertz CT molecular complexity index is 1230. The highest BCUT2D eigenvalue weighted by atomic mass is 32.1. The molecule has 0 radical (unpaired) electrons. The molecule has 8 nitrogen and oxygen atoms in total. The van der Waals surface area contributed by atoms with E-state index >= 15 is 0 Å². The third kappa shape index (κ3) is 4.72. The van der Waals surface area contributed by atoms with Gasteiger partial charge in [0.1, 0.15) is 15.5 Å². The van der Waals surface area contributed by atoms with Gasteiger partial charge < -0.3 is 21.3 Å². The third-order valence-electron chi connectivity index (χ3n) is 7.55. The Morgan fingerprint density at radius 2 is 2.09 bits per heavy atom. The number of nitrogens with one attached hydrogen (secondary N) is 4. The monoisotopic (exact) mass is 510 g/mol. The number of aromatic nitrogens is 2. The second-order valence-electron chi connectivity index (χ2n) is 9.85. The molecule has 35 heavy (non-hydrogen) atoms. The number of amides is 2. The van der Waals surface area contributed by atoms with Crippen molar-refractivity contribution in [3.63, 3.8) is 0 Å². The maximum absolute atomic E-state index is 12.9. The van der Waals surface area contributed by atoms with E-state index in [1.807, 2.05) is 6.07 Å². The fourth-order valence-corrected chi connectivity index (χ4v) is 7.95. The van der Waals surface area contributed by atoms with E-state index in [0.717, 1.165) is 77.4 Å².